The molecule has 0 aliphatic heterocycles. The molecular weight excluding hydrogens is 282 g/mol. The summed E-state index contributed by atoms with van der Waals surface area (Å²) in [4.78, 5) is 32.1. The molecule has 0 radical (unpaired) electrons. The van der Waals surface area contributed by atoms with E-state index in [4.69, 9.17) is 21.7 Å². The first kappa shape index (κ1) is 17.0. The van der Waals surface area contributed by atoms with Gasteiger partial charge in [0.1, 0.15) is 12.1 Å². The molecule has 8 nitrogen and oxygen atoms in total. The van der Waals surface area contributed by atoms with Gasteiger partial charge in [-0.1, -0.05) is 21.6 Å². The van der Waals surface area contributed by atoms with Gasteiger partial charge in [0.15, 0.2) is 0 Å². The lowest BCUT2D eigenvalue weighted by Crippen LogP contribution is -2.45. The average Bonchev–Trinajstić information content (AvgIpc) is 2.31. The molecule has 0 saturated carbocycles. The van der Waals surface area contributed by atoms with Crippen molar-refractivity contribution in [1.29, 1.82) is 0 Å². The molecule has 0 bridgehead atoms. The van der Waals surface area contributed by atoms with E-state index in [0.29, 0.717) is 0 Å². The highest BCUT2D eigenvalue weighted by Crippen LogP contribution is 2.22. The third kappa shape index (κ3) is 7.37. The van der Waals surface area contributed by atoms with E-state index in [9.17, 15) is 14.4 Å². The summed E-state index contributed by atoms with van der Waals surface area (Å²) >= 11 is 0. The zero-order valence-corrected chi connectivity index (χ0v) is 11.0. The van der Waals surface area contributed by atoms with Crippen LogP contribution < -0.4 is 16.8 Å². The van der Waals surface area contributed by atoms with E-state index in [0.717, 1.165) is 21.6 Å². The summed E-state index contributed by atoms with van der Waals surface area (Å²) in [6.07, 6.45) is 0. The van der Waals surface area contributed by atoms with Crippen LogP contribution in [-0.2, 0) is 14.4 Å². The Kier molecular flexibility index (Phi) is 8.54. The first-order valence-corrected chi connectivity index (χ1v) is 7.32. The molecule has 18 heavy (non-hydrogen) atoms. The van der Waals surface area contributed by atoms with Crippen LogP contribution in [0.2, 0.25) is 0 Å². The third-order valence-corrected chi connectivity index (χ3v) is 4.15. The number of amides is 1. The lowest BCUT2D eigenvalue weighted by Gasteiger charge is -2.13. The van der Waals surface area contributed by atoms with Gasteiger partial charge in [0.05, 0.1) is 6.54 Å². The molecular formula is C8H15N3O5S2. The maximum absolute atomic E-state index is 10.9. The lowest BCUT2D eigenvalue weighted by molar-refractivity contribution is -0.141. The highest BCUT2D eigenvalue weighted by atomic mass is 33.1. The minimum absolute atomic E-state index is 0.0953. The van der Waals surface area contributed by atoms with Crippen LogP contribution in [0, 0.1) is 0 Å². The van der Waals surface area contributed by atoms with E-state index in [2.05, 4.69) is 5.32 Å². The number of hydrogen-bond acceptors (Lipinski definition) is 7. The Morgan fingerprint density at radius 1 is 1.11 bits per heavy atom. The van der Waals surface area contributed by atoms with Crippen LogP contribution in [0.4, 0.5) is 0 Å². The van der Waals surface area contributed by atoms with E-state index in [1.807, 2.05) is 0 Å². The number of carbonyl (C=O) groups is 3. The Bertz CT molecular complexity index is 315. The van der Waals surface area contributed by atoms with E-state index in [-0.39, 0.29) is 18.1 Å². The van der Waals surface area contributed by atoms with Gasteiger partial charge in [-0.15, -0.1) is 0 Å². The van der Waals surface area contributed by atoms with Crippen LogP contribution in [0.25, 0.3) is 0 Å². The second-order valence-corrected chi connectivity index (χ2v) is 5.73. The quantitative estimate of drug-likeness (QED) is 0.247. The van der Waals surface area contributed by atoms with Crippen LogP contribution >= 0.6 is 21.6 Å². The SMILES string of the molecule is NCC(=O)N[C@@H](CSSCC(N)C(=O)O)C(=O)O. The largest absolute Gasteiger partial charge is 0.480 e. The number of rotatable bonds is 9. The van der Waals surface area contributed by atoms with Gasteiger partial charge in [0.25, 0.3) is 0 Å². The minimum atomic E-state index is -1.17. The Morgan fingerprint density at radius 2 is 1.67 bits per heavy atom. The van der Waals surface area contributed by atoms with Crippen LogP contribution in [0.1, 0.15) is 0 Å². The van der Waals surface area contributed by atoms with Crippen LogP contribution in [-0.4, -0.2) is 58.2 Å². The summed E-state index contributed by atoms with van der Waals surface area (Å²) in [6, 6.07) is -2.05. The number of aliphatic carboxylic acids is 2. The standard InChI is InChI=1S/C8H15N3O5S2/c9-1-6(12)11-5(8(15)16)3-18-17-2-4(10)7(13)14/h4-5H,1-3,9-10H2,(H,11,12)(H,13,14)(H,15,16)/t4?,5-/m0/s1. The highest BCUT2D eigenvalue weighted by Gasteiger charge is 2.20. The van der Waals surface area contributed by atoms with Gasteiger partial charge in [-0.2, -0.15) is 0 Å². The van der Waals surface area contributed by atoms with Gasteiger partial charge >= 0.3 is 11.9 Å². The molecule has 0 aromatic carbocycles. The first-order chi connectivity index (χ1) is 8.38. The fourth-order valence-electron chi connectivity index (χ4n) is 0.737. The fraction of sp³-hybridized carbons (Fsp3) is 0.625. The molecule has 0 heterocycles. The Balaban J connectivity index is 3.95. The molecule has 1 amide bonds. The molecule has 0 rings (SSSR count). The zero-order valence-electron chi connectivity index (χ0n) is 9.37. The van der Waals surface area contributed by atoms with Crippen molar-refractivity contribution in [2.24, 2.45) is 11.5 Å². The molecule has 0 aromatic heterocycles. The highest BCUT2D eigenvalue weighted by molar-refractivity contribution is 8.76. The smallest absolute Gasteiger partial charge is 0.327 e. The van der Waals surface area contributed by atoms with Crippen LogP contribution in [0.15, 0.2) is 0 Å². The number of carboxylic acids is 2. The molecule has 0 aromatic rings. The van der Waals surface area contributed by atoms with E-state index < -0.39 is 29.9 Å². The second kappa shape index (κ2) is 9.03. The van der Waals surface area contributed by atoms with Crippen molar-refractivity contribution in [2.75, 3.05) is 18.1 Å². The molecule has 0 saturated heterocycles. The Labute approximate surface area is 111 Å². The summed E-state index contributed by atoms with van der Waals surface area (Å²) in [7, 11) is 2.26. The number of hydrogen-bond donors (Lipinski definition) is 5. The molecule has 0 aliphatic carbocycles. The molecule has 10 heteroatoms. The molecule has 0 spiro atoms. The Morgan fingerprint density at radius 3 is 2.11 bits per heavy atom. The maximum Gasteiger partial charge on any atom is 0.327 e. The first-order valence-electron chi connectivity index (χ1n) is 4.83. The molecule has 1 unspecified atom stereocenters. The monoisotopic (exact) mass is 297 g/mol. The van der Waals surface area contributed by atoms with Gasteiger partial charge < -0.3 is 27.0 Å². The van der Waals surface area contributed by atoms with E-state index >= 15 is 0 Å². The van der Waals surface area contributed by atoms with Gasteiger partial charge in [-0.05, 0) is 0 Å². The van der Waals surface area contributed by atoms with Crippen molar-refractivity contribution in [3.63, 3.8) is 0 Å². The lowest BCUT2D eigenvalue weighted by atomic mass is 10.3. The normalized spacial score (nSPS) is 13.7. The molecule has 7 N–H and O–H groups in total. The van der Waals surface area contributed by atoms with Crippen LogP contribution in [0.3, 0.4) is 0 Å². The van der Waals surface area contributed by atoms with Gasteiger partial charge in [-0.25, -0.2) is 4.79 Å². The van der Waals surface area contributed by atoms with Gasteiger partial charge in [0.2, 0.25) is 5.91 Å². The summed E-state index contributed by atoms with van der Waals surface area (Å²) in [6.45, 7) is -0.286. The number of carbonyl (C=O) groups excluding carboxylic acids is 1. The van der Waals surface area contributed by atoms with E-state index in [1.165, 1.54) is 0 Å². The van der Waals surface area contributed by atoms with Crippen molar-refractivity contribution in [2.45, 2.75) is 12.1 Å². The molecule has 104 valence electrons. The second-order valence-electron chi connectivity index (χ2n) is 3.18. The fourth-order valence-corrected chi connectivity index (χ4v) is 3.01. The number of nitrogens with two attached hydrogens (primary N) is 2. The maximum atomic E-state index is 10.9. The molecule has 0 fully saturated rings. The Hall–Kier alpha value is -0.970. The third-order valence-electron chi connectivity index (χ3n) is 1.70. The van der Waals surface area contributed by atoms with Gasteiger partial charge in [0, 0.05) is 11.5 Å². The van der Waals surface area contributed by atoms with Crippen molar-refractivity contribution < 1.29 is 24.6 Å². The summed E-state index contributed by atoms with van der Waals surface area (Å²) in [5.74, 6) is -2.60. The van der Waals surface area contributed by atoms with Crippen molar-refractivity contribution >= 4 is 39.4 Å². The van der Waals surface area contributed by atoms with Crippen molar-refractivity contribution in [3.05, 3.63) is 0 Å². The predicted molar refractivity (Wildman–Crippen MR) is 69.1 cm³/mol. The number of nitrogens with one attached hydrogen (secondary N) is 1. The van der Waals surface area contributed by atoms with Gasteiger partial charge in [-0.3, -0.25) is 9.59 Å². The average molecular weight is 297 g/mol. The molecule has 2 atom stereocenters. The van der Waals surface area contributed by atoms with Crippen molar-refractivity contribution in [3.8, 4) is 0 Å². The number of carboxylic acid groups (broad SMARTS) is 2. The minimum Gasteiger partial charge on any atom is -0.480 e. The van der Waals surface area contributed by atoms with E-state index in [1.54, 1.807) is 0 Å². The zero-order chi connectivity index (χ0) is 14.1. The summed E-state index contributed by atoms with van der Waals surface area (Å²) < 4.78 is 0. The summed E-state index contributed by atoms with van der Waals surface area (Å²) in [5.41, 5.74) is 10.3. The van der Waals surface area contributed by atoms with Crippen LogP contribution in [0.5, 0.6) is 0 Å². The predicted octanol–water partition coefficient (Wildman–Crippen LogP) is -1.69. The molecule has 0 aliphatic rings. The topological polar surface area (TPSA) is 156 Å². The van der Waals surface area contributed by atoms with Crippen molar-refractivity contribution in [1.82, 2.24) is 5.32 Å². The summed E-state index contributed by atoms with van der Waals surface area (Å²) in [5, 5.41) is 19.6.